The summed E-state index contributed by atoms with van der Waals surface area (Å²) in [6.07, 6.45) is 0. The van der Waals surface area contributed by atoms with Gasteiger partial charge in [0.05, 0.1) is 0 Å². The van der Waals surface area contributed by atoms with E-state index >= 15 is 0 Å². The molecule has 0 aromatic rings. The lowest BCUT2D eigenvalue weighted by atomic mass is 9.79. The molecule has 0 aliphatic heterocycles. The van der Waals surface area contributed by atoms with Crippen LogP contribution in [0.2, 0.25) is 0 Å². The first-order chi connectivity index (χ1) is 6.51. The van der Waals surface area contributed by atoms with Crippen LogP contribution in [0.25, 0.3) is 0 Å². The van der Waals surface area contributed by atoms with Gasteiger partial charge in [-0.1, -0.05) is 41.5 Å². The molecule has 0 aliphatic carbocycles. The minimum atomic E-state index is -0.161. The number of nitrogens with zero attached hydrogens (tertiary/aromatic N) is 1. The van der Waals surface area contributed by atoms with Crippen molar-refractivity contribution in [1.29, 1.82) is 0 Å². The van der Waals surface area contributed by atoms with E-state index in [9.17, 15) is 5.21 Å². The van der Waals surface area contributed by atoms with Crippen LogP contribution < -0.4 is 0 Å². The number of hydrogen-bond donors (Lipinski definition) is 1. The van der Waals surface area contributed by atoms with Gasteiger partial charge in [0.15, 0.2) is 0 Å². The van der Waals surface area contributed by atoms with Crippen LogP contribution in [0, 0.1) is 17.3 Å². The summed E-state index contributed by atoms with van der Waals surface area (Å²) in [5, 5.41) is 11.7. The highest BCUT2D eigenvalue weighted by atomic mass is 16.5. The Hall–Kier alpha value is -0.0800. The van der Waals surface area contributed by atoms with Gasteiger partial charge in [-0.2, -0.15) is 5.06 Å². The summed E-state index contributed by atoms with van der Waals surface area (Å²) in [4.78, 5) is 0. The Labute approximate surface area is 95.6 Å². The highest BCUT2D eigenvalue weighted by Crippen LogP contribution is 2.31. The van der Waals surface area contributed by atoms with Crippen molar-refractivity contribution >= 4 is 0 Å². The molecule has 0 spiro atoms. The fourth-order valence-electron chi connectivity index (χ4n) is 1.07. The van der Waals surface area contributed by atoms with Crippen molar-refractivity contribution in [2.45, 2.75) is 60.9 Å². The smallest absolute Gasteiger partial charge is 0.0427 e. The average molecular weight is 215 g/mol. The van der Waals surface area contributed by atoms with Crippen LogP contribution in [0.3, 0.4) is 0 Å². The fraction of sp³-hybridized carbons (Fsp3) is 1.00. The maximum Gasteiger partial charge on any atom is 0.0427 e. The van der Waals surface area contributed by atoms with E-state index in [1.54, 1.807) is 0 Å². The summed E-state index contributed by atoms with van der Waals surface area (Å²) in [7, 11) is 0. The van der Waals surface area contributed by atoms with Crippen molar-refractivity contribution < 1.29 is 5.21 Å². The van der Waals surface area contributed by atoms with E-state index in [4.69, 9.17) is 0 Å². The van der Waals surface area contributed by atoms with E-state index < -0.39 is 0 Å². The molecule has 92 valence electrons. The van der Waals surface area contributed by atoms with Crippen LogP contribution in [0.1, 0.15) is 55.4 Å². The molecule has 0 aromatic carbocycles. The first kappa shape index (κ1) is 14.9. The van der Waals surface area contributed by atoms with Crippen LogP contribution >= 0.6 is 0 Å². The molecule has 0 amide bonds. The van der Waals surface area contributed by atoms with E-state index in [2.05, 4.69) is 55.4 Å². The van der Waals surface area contributed by atoms with Crippen molar-refractivity contribution in [3.8, 4) is 0 Å². The molecule has 2 nitrogen and oxygen atoms in total. The monoisotopic (exact) mass is 215 g/mol. The van der Waals surface area contributed by atoms with E-state index in [0.717, 1.165) is 6.54 Å². The van der Waals surface area contributed by atoms with Crippen LogP contribution in [0.15, 0.2) is 0 Å². The van der Waals surface area contributed by atoms with Gasteiger partial charge in [-0.15, -0.1) is 0 Å². The summed E-state index contributed by atoms with van der Waals surface area (Å²) < 4.78 is 0. The van der Waals surface area contributed by atoms with Gasteiger partial charge in [0.25, 0.3) is 0 Å². The molecule has 1 N–H and O–H groups in total. The molecule has 0 atom stereocenters. The molecule has 0 saturated heterocycles. The van der Waals surface area contributed by atoms with Gasteiger partial charge < -0.3 is 5.21 Å². The summed E-state index contributed by atoms with van der Waals surface area (Å²) in [6, 6.07) is 0. The Kier molecular flexibility index (Phi) is 4.81. The predicted octanol–water partition coefficient (Wildman–Crippen LogP) is 3.79. The average Bonchev–Trinajstić information content (AvgIpc) is 2.02. The molecule has 15 heavy (non-hydrogen) atoms. The Balaban J connectivity index is 4.56. The van der Waals surface area contributed by atoms with Crippen molar-refractivity contribution in [3.05, 3.63) is 0 Å². The van der Waals surface area contributed by atoms with Crippen molar-refractivity contribution in [3.63, 3.8) is 0 Å². The molecule has 0 saturated carbocycles. The molecule has 0 fully saturated rings. The second-order valence-corrected chi connectivity index (χ2v) is 6.51. The predicted molar refractivity (Wildman–Crippen MR) is 66.0 cm³/mol. The Morgan fingerprint density at radius 1 is 0.933 bits per heavy atom. The lowest BCUT2D eigenvalue weighted by Crippen LogP contribution is -2.50. The quantitative estimate of drug-likeness (QED) is 0.705. The van der Waals surface area contributed by atoms with Crippen molar-refractivity contribution in [1.82, 2.24) is 5.06 Å². The molecule has 2 heteroatoms. The zero-order chi connectivity index (χ0) is 12.4. The highest BCUT2D eigenvalue weighted by molar-refractivity contribution is 4.84. The standard InChI is InChI=1S/C13H29NO/c1-10(2)12(5,6)9-14(15)13(7,8)11(3)4/h10-11,15H,9H2,1-8H3. The van der Waals surface area contributed by atoms with Crippen LogP contribution in [-0.4, -0.2) is 22.4 Å². The van der Waals surface area contributed by atoms with E-state index in [1.165, 1.54) is 5.06 Å². The molecular formula is C13H29NO. The summed E-state index contributed by atoms with van der Waals surface area (Å²) >= 11 is 0. The zero-order valence-electron chi connectivity index (χ0n) is 11.8. The molecule has 0 radical (unpaired) electrons. The molecule has 0 aromatic heterocycles. The van der Waals surface area contributed by atoms with E-state index in [-0.39, 0.29) is 11.0 Å². The minimum Gasteiger partial charge on any atom is -0.313 e. The van der Waals surface area contributed by atoms with Crippen molar-refractivity contribution in [2.24, 2.45) is 17.3 Å². The summed E-state index contributed by atoms with van der Waals surface area (Å²) in [5.41, 5.74) is -0.0208. The maximum atomic E-state index is 10.2. The third kappa shape index (κ3) is 3.76. The third-order valence-electron chi connectivity index (χ3n) is 4.20. The van der Waals surface area contributed by atoms with Crippen LogP contribution in [-0.2, 0) is 0 Å². The topological polar surface area (TPSA) is 23.5 Å². The Morgan fingerprint density at radius 3 is 1.60 bits per heavy atom. The van der Waals surface area contributed by atoms with Gasteiger partial charge in [0.1, 0.15) is 0 Å². The van der Waals surface area contributed by atoms with E-state index in [1.807, 2.05) is 0 Å². The van der Waals surface area contributed by atoms with Crippen LogP contribution in [0.5, 0.6) is 0 Å². The number of hydroxylamine groups is 2. The van der Waals surface area contributed by atoms with Gasteiger partial charge in [0.2, 0.25) is 0 Å². The van der Waals surface area contributed by atoms with Gasteiger partial charge in [-0.25, -0.2) is 0 Å². The largest absolute Gasteiger partial charge is 0.313 e. The SMILES string of the molecule is CC(C)C(C)(C)CN(O)C(C)(C)C(C)C. The Bertz CT molecular complexity index is 195. The summed E-state index contributed by atoms with van der Waals surface area (Å²) in [5.74, 6) is 1.00. The second-order valence-electron chi connectivity index (χ2n) is 6.51. The lowest BCUT2D eigenvalue weighted by molar-refractivity contribution is -0.195. The highest BCUT2D eigenvalue weighted by Gasteiger charge is 2.34. The number of rotatable bonds is 5. The molecule has 0 bridgehead atoms. The first-order valence-corrected chi connectivity index (χ1v) is 5.98. The van der Waals surface area contributed by atoms with Crippen LogP contribution in [0.4, 0.5) is 0 Å². The Morgan fingerprint density at radius 2 is 1.33 bits per heavy atom. The first-order valence-electron chi connectivity index (χ1n) is 5.98. The third-order valence-corrected chi connectivity index (χ3v) is 4.20. The normalized spacial score (nSPS) is 14.4. The van der Waals surface area contributed by atoms with Gasteiger partial charge in [0, 0.05) is 12.1 Å². The molecular weight excluding hydrogens is 186 g/mol. The molecule has 0 heterocycles. The maximum absolute atomic E-state index is 10.2. The zero-order valence-corrected chi connectivity index (χ0v) is 11.8. The van der Waals surface area contributed by atoms with Gasteiger partial charge >= 0.3 is 0 Å². The van der Waals surface area contributed by atoms with Gasteiger partial charge in [-0.05, 0) is 31.1 Å². The summed E-state index contributed by atoms with van der Waals surface area (Å²) in [6.45, 7) is 18.0. The van der Waals surface area contributed by atoms with Crippen molar-refractivity contribution in [2.75, 3.05) is 6.54 Å². The molecule has 0 aliphatic rings. The number of hydrogen-bond acceptors (Lipinski definition) is 2. The van der Waals surface area contributed by atoms with E-state index in [0.29, 0.717) is 11.8 Å². The minimum absolute atomic E-state index is 0.140. The molecule has 0 rings (SSSR count). The van der Waals surface area contributed by atoms with Gasteiger partial charge in [-0.3, -0.25) is 0 Å². The molecule has 0 unspecified atom stereocenters. The fourth-order valence-corrected chi connectivity index (χ4v) is 1.07. The second kappa shape index (κ2) is 4.84. The lowest BCUT2D eigenvalue weighted by Gasteiger charge is -2.42.